The lowest BCUT2D eigenvalue weighted by Gasteiger charge is -2.31. The van der Waals surface area contributed by atoms with Gasteiger partial charge < -0.3 is 14.4 Å². The van der Waals surface area contributed by atoms with Gasteiger partial charge in [-0.25, -0.2) is 4.58 Å². The SMILES string of the molecule is CCCCC/C=C\C/C=C\CCCCCCCC(=O)OCCC1=CC[N+](CCSSCCN2CCC(CCOC(=O)CCCCCCC/C=C\C/C=C\CCCCC)CC2)=CC1. The highest BCUT2D eigenvalue weighted by Crippen LogP contribution is 2.24. The van der Waals surface area contributed by atoms with Crippen molar-refractivity contribution in [1.29, 1.82) is 0 Å². The number of carbonyl (C=O) groups is 2. The molecule has 2 heterocycles. The van der Waals surface area contributed by atoms with E-state index in [0.29, 0.717) is 32.0 Å². The zero-order valence-electron chi connectivity index (χ0n) is 40.1. The molecular weight excluding hydrogens is 805 g/mol. The number of ether oxygens (including phenoxy) is 2. The summed E-state index contributed by atoms with van der Waals surface area (Å²) in [6.45, 7) is 11.1. The molecule has 0 atom stereocenters. The average Bonchev–Trinajstić information content (AvgIpc) is 3.28. The summed E-state index contributed by atoms with van der Waals surface area (Å²) in [6.07, 6.45) is 55.9. The molecule has 0 N–H and O–H groups in total. The first-order chi connectivity index (χ1) is 30.6. The van der Waals surface area contributed by atoms with Crippen LogP contribution >= 0.6 is 21.6 Å². The molecule has 1 fully saturated rings. The van der Waals surface area contributed by atoms with Gasteiger partial charge in [0.1, 0.15) is 6.21 Å². The molecule has 0 aromatic heterocycles. The minimum atomic E-state index is -0.0374. The highest BCUT2D eigenvalue weighted by Gasteiger charge is 2.19. The van der Waals surface area contributed by atoms with E-state index in [4.69, 9.17) is 9.47 Å². The highest BCUT2D eigenvalue weighted by molar-refractivity contribution is 8.76. The molecule has 0 unspecified atom stereocenters. The molecule has 0 amide bonds. The molecule has 0 aliphatic carbocycles. The van der Waals surface area contributed by atoms with E-state index >= 15 is 0 Å². The second-order valence-corrected chi connectivity index (χ2v) is 20.3. The number of rotatable bonds is 41. The van der Waals surface area contributed by atoms with Crippen molar-refractivity contribution < 1.29 is 23.6 Å². The van der Waals surface area contributed by atoms with Gasteiger partial charge in [0.2, 0.25) is 0 Å². The summed E-state index contributed by atoms with van der Waals surface area (Å²) in [5.74, 6) is 2.95. The molecule has 2 rings (SSSR count). The van der Waals surface area contributed by atoms with Gasteiger partial charge in [0.15, 0.2) is 13.1 Å². The van der Waals surface area contributed by atoms with Crippen LogP contribution in [0.1, 0.15) is 200 Å². The maximum absolute atomic E-state index is 12.2. The number of nitrogens with zero attached hydrogens (tertiary/aromatic N) is 2. The maximum Gasteiger partial charge on any atom is 0.305 e. The molecule has 0 radical (unpaired) electrons. The number of allylic oxidation sites excluding steroid dienone is 8. The average molecular weight is 898 g/mol. The predicted octanol–water partition coefficient (Wildman–Crippen LogP) is 15.0. The summed E-state index contributed by atoms with van der Waals surface area (Å²) >= 11 is 0. The van der Waals surface area contributed by atoms with Crippen LogP contribution in [0.2, 0.25) is 0 Å². The number of carbonyl (C=O) groups excluding carboxylic acids is 2. The smallest absolute Gasteiger partial charge is 0.305 e. The van der Waals surface area contributed by atoms with Crippen molar-refractivity contribution >= 4 is 39.7 Å². The van der Waals surface area contributed by atoms with Crippen LogP contribution in [0.15, 0.2) is 60.3 Å². The van der Waals surface area contributed by atoms with Gasteiger partial charge in [-0.05, 0) is 121 Å². The van der Waals surface area contributed by atoms with E-state index in [0.717, 1.165) is 89.6 Å². The first-order valence-corrected chi connectivity index (χ1v) is 28.2. The lowest BCUT2D eigenvalue weighted by Crippen LogP contribution is -2.35. The van der Waals surface area contributed by atoms with Crippen LogP contribution in [0.3, 0.4) is 0 Å². The second kappa shape index (κ2) is 42.9. The lowest BCUT2D eigenvalue weighted by molar-refractivity contribution is -0.510. The van der Waals surface area contributed by atoms with E-state index < -0.39 is 0 Å². The van der Waals surface area contributed by atoms with Crippen LogP contribution in [0.4, 0.5) is 0 Å². The third-order valence-corrected chi connectivity index (χ3v) is 14.5. The Morgan fingerprint density at radius 1 is 0.645 bits per heavy atom. The Kier molecular flexibility index (Phi) is 38.8. The Morgan fingerprint density at radius 3 is 1.68 bits per heavy atom. The van der Waals surface area contributed by atoms with Crippen molar-refractivity contribution in [2.24, 2.45) is 5.92 Å². The first-order valence-electron chi connectivity index (χ1n) is 25.7. The van der Waals surface area contributed by atoms with Gasteiger partial charge in [-0.3, -0.25) is 9.59 Å². The van der Waals surface area contributed by atoms with Crippen LogP contribution in [0.5, 0.6) is 0 Å². The summed E-state index contributed by atoms with van der Waals surface area (Å²) in [5.41, 5.74) is 1.39. The first kappa shape index (κ1) is 56.1. The van der Waals surface area contributed by atoms with Gasteiger partial charge in [0.05, 0.1) is 19.0 Å². The van der Waals surface area contributed by atoms with E-state index in [1.54, 1.807) is 0 Å². The van der Waals surface area contributed by atoms with Gasteiger partial charge in [-0.1, -0.05) is 154 Å². The Hall–Kier alpha value is -2.03. The fourth-order valence-electron chi connectivity index (χ4n) is 7.92. The number of unbranched alkanes of at least 4 members (excludes halogenated alkanes) is 16. The molecule has 8 heteroatoms. The summed E-state index contributed by atoms with van der Waals surface area (Å²) in [4.78, 5) is 27.1. The van der Waals surface area contributed by atoms with Crippen LogP contribution in [-0.4, -0.2) is 85.1 Å². The molecule has 0 spiro atoms. The normalized spacial score (nSPS) is 15.4. The van der Waals surface area contributed by atoms with Crippen molar-refractivity contribution in [3.05, 3.63) is 60.3 Å². The molecule has 0 aromatic carbocycles. The number of hydrogen-bond donors (Lipinski definition) is 0. The molecule has 62 heavy (non-hydrogen) atoms. The van der Waals surface area contributed by atoms with Crippen molar-refractivity contribution in [2.45, 2.75) is 200 Å². The minimum absolute atomic E-state index is 0.00470. The van der Waals surface area contributed by atoms with E-state index in [1.807, 2.05) is 21.6 Å². The van der Waals surface area contributed by atoms with Gasteiger partial charge in [-0.2, -0.15) is 0 Å². The van der Waals surface area contributed by atoms with Gasteiger partial charge >= 0.3 is 11.9 Å². The summed E-state index contributed by atoms with van der Waals surface area (Å²) < 4.78 is 13.6. The quantitative estimate of drug-likeness (QED) is 0.0199. The monoisotopic (exact) mass is 898 g/mol. The minimum Gasteiger partial charge on any atom is -0.466 e. The molecule has 2 aliphatic heterocycles. The Labute approximate surface area is 390 Å². The van der Waals surface area contributed by atoms with E-state index in [2.05, 4.69) is 84.2 Å². The van der Waals surface area contributed by atoms with Crippen molar-refractivity contribution in [3.8, 4) is 0 Å². The number of hydrogen-bond acceptors (Lipinski definition) is 7. The van der Waals surface area contributed by atoms with Crippen LogP contribution in [0.25, 0.3) is 0 Å². The standard InChI is InChI=1S/C54H93N2O4S2/c1-3-5-7-9-11-13-15-17-19-21-23-25-27-29-31-33-53(57)59-47-39-51-35-41-55(42-36-51)45-49-61-62-50-46-56-43-37-52(38-44-56)40-48-60-54(58)34-32-30-28-26-24-22-20-18-16-14-12-10-8-6-4-2/h11-14,17-20,35,42,52H,3-10,15-16,21-34,36-41,43-50H2,1-2H3/q+1/b13-11-,14-12-,19-17-,20-18-. The Bertz CT molecular complexity index is 1270. The fraction of sp³-hybridized carbons (Fsp3) is 0.759. The van der Waals surface area contributed by atoms with Crippen LogP contribution < -0.4 is 0 Å². The lowest BCUT2D eigenvalue weighted by atomic mass is 9.94. The third kappa shape index (κ3) is 35.3. The van der Waals surface area contributed by atoms with Crippen molar-refractivity contribution in [3.63, 3.8) is 0 Å². The topological polar surface area (TPSA) is 58.9 Å². The molecule has 0 aromatic rings. The molecule has 1 saturated heterocycles. The molecule has 2 aliphatic rings. The summed E-state index contributed by atoms with van der Waals surface area (Å²) in [6, 6.07) is 0. The van der Waals surface area contributed by atoms with Crippen molar-refractivity contribution in [2.75, 3.05) is 57.4 Å². The highest BCUT2D eigenvalue weighted by atomic mass is 33.1. The van der Waals surface area contributed by atoms with Gasteiger partial charge in [0.25, 0.3) is 0 Å². The Morgan fingerprint density at radius 2 is 1.15 bits per heavy atom. The second-order valence-electron chi connectivity index (χ2n) is 17.6. The number of piperidine rings is 1. The molecule has 354 valence electrons. The molecule has 0 bridgehead atoms. The van der Waals surface area contributed by atoms with E-state index in [9.17, 15) is 9.59 Å². The van der Waals surface area contributed by atoms with Gasteiger partial charge in [0, 0.05) is 38.0 Å². The largest absolute Gasteiger partial charge is 0.466 e. The number of esters is 2. The van der Waals surface area contributed by atoms with Crippen molar-refractivity contribution in [1.82, 2.24) is 4.90 Å². The predicted molar refractivity (Wildman–Crippen MR) is 273 cm³/mol. The number of likely N-dealkylation sites (tertiary alicyclic amines) is 1. The van der Waals surface area contributed by atoms with E-state index in [1.165, 1.54) is 134 Å². The Balaban J connectivity index is 1.32. The van der Waals surface area contributed by atoms with E-state index in [-0.39, 0.29) is 11.9 Å². The van der Waals surface area contributed by atoms with Crippen LogP contribution in [0, 0.1) is 5.92 Å². The molecule has 6 nitrogen and oxygen atoms in total. The zero-order chi connectivity index (χ0) is 44.2. The zero-order valence-corrected chi connectivity index (χ0v) is 41.7. The van der Waals surface area contributed by atoms with Crippen LogP contribution in [-0.2, 0) is 19.1 Å². The summed E-state index contributed by atoms with van der Waals surface area (Å²) in [7, 11) is 4.00. The molecular formula is C54H93N2O4S2+. The summed E-state index contributed by atoms with van der Waals surface area (Å²) in [5, 5.41) is 0. The third-order valence-electron chi connectivity index (χ3n) is 12.1. The maximum atomic E-state index is 12.2. The van der Waals surface area contributed by atoms with Gasteiger partial charge in [-0.15, -0.1) is 0 Å². The fourth-order valence-corrected chi connectivity index (χ4v) is 9.95. The molecule has 0 saturated carbocycles.